The summed E-state index contributed by atoms with van der Waals surface area (Å²) in [4.78, 5) is 0. The predicted molar refractivity (Wildman–Crippen MR) is 78.7 cm³/mol. The summed E-state index contributed by atoms with van der Waals surface area (Å²) in [6, 6.07) is 6.76. The molecule has 0 aromatic heterocycles. The quantitative estimate of drug-likeness (QED) is 0.896. The molecule has 0 saturated heterocycles. The van der Waals surface area contributed by atoms with Crippen molar-refractivity contribution in [3.63, 3.8) is 0 Å². The summed E-state index contributed by atoms with van der Waals surface area (Å²) in [5, 5.41) is 0. The third-order valence-electron chi connectivity index (χ3n) is 4.86. The molecule has 2 nitrogen and oxygen atoms in total. The fourth-order valence-corrected chi connectivity index (χ4v) is 3.65. The molecule has 1 aromatic carbocycles. The summed E-state index contributed by atoms with van der Waals surface area (Å²) in [6.07, 6.45) is 8.66. The number of benzene rings is 1. The van der Waals surface area contributed by atoms with Crippen LogP contribution in [0.3, 0.4) is 0 Å². The minimum atomic E-state index is 0.135. The average molecular weight is 259 g/mol. The zero-order valence-corrected chi connectivity index (χ0v) is 12.0. The Morgan fingerprint density at radius 1 is 1.26 bits per heavy atom. The smallest absolute Gasteiger partial charge is 0.123 e. The van der Waals surface area contributed by atoms with Crippen molar-refractivity contribution >= 4 is 0 Å². The van der Waals surface area contributed by atoms with Crippen molar-refractivity contribution in [2.75, 3.05) is 6.54 Å². The molecule has 1 unspecified atom stereocenters. The van der Waals surface area contributed by atoms with Crippen LogP contribution in [-0.4, -0.2) is 12.1 Å². The molecule has 1 fully saturated rings. The molecular formula is C17H25NO. The van der Waals surface area contributed by atoms with Crippen LogP contribution in [0.5, 0.6) is 5.75 Å². The molecule has 19 heavy (non-hydrogen) atoms. The minimum Gasteiger partial charge on any atom is -0.487 e. The van der Waals surface area contributed by atoms with Crippen molar-refractivity contribution in [2.45, 2.75) is 63.4 Å². The number of hydrogen-bond donors (Lipinski definition) is 1. The first kappa shape index (κ1) is 13.0. The Kier molecular flexibility index (Phi) is 3.53. The van der Waals surface area contributed by atoms with E-state index in [0.717, 1.165) is 25.1 Å². The molecule has 1 aliphatic heterocycles. The van der Waals surface area contributed by atoms with E-state index in [4.69, 9.17) is 10.5 Å². The maximum Gasteiger partial charge on any atom is 0.123 e. The summed E-state index contributed by atoms with van der Waals surface area (Å²) in [5.41, 5.74) is 8.64. The van der Waals surface area contributed by atoms with Gasteiger partial charge in [0.15, 0.2) is 0 Å². The lowest BCUT2D eigenvalue weighted by molar-refractivity contribution is 0.0529. The van der Waals surface area contributed by atoms with Crippen molar-refractivity contribution in [1.29, 1.82) is 0 Å². The van der Waals surface area contributed by atoms with Crippen LogP contribution in [0.25, 0.3) is 0 Å². The molecule has 1 aliphatic carbocycles. The topological polar surface area (TPSA) is 35.2 Å². The second-order valence-electron chi connectivity index (χ2n) is 6.37. The molecular weight excluding hydrogens is 234 g/mol. The number of fused-ring (bicyclic) bond motifs is 1. The van der Waals surface area contributed by atoms with Crippen molar-refractivity contribution in [3.8, 4) is 5.75 Å². The van der Waals surface area contributed by atoms with Crippen molar-refractivity contribution in [1.82, 2.24) is 0 Å². The molecule has 1 heterocycles. The van der Waals surface area contributed by atoms with Gasteiger partial charge in [-0.05, 0) is 61.8 Å². The fourth-order valence-electron chi connectivity index (χ4n) is 3.65. The number of rotatable bonds is 3. The Balaban J connectivity index is 1.79. The van der Waals surface area contributed by atoms with E-state index in [9.17, 15) is 0 Å². The van der Waals surface area contributed by atoms with Crippen LogP contribution in [0.4, 0.5) is 0 Å². The predicted octanol–water partition coefficient (Wildman–Crippen LogP) is 3.78. The lowest BCUT2D eigenvalue weighted by atomic mass is 9.81. The van der Waals surface area contributed by atoms with Gasteiger partial charge in [0.2, 0.25) is 0 Å². The molecule has 1 atom stereocenters. The van der Waals surface area contributed by atoms with Crippen LogP contribution in [0.2, 0.25) is 0 Å². The lowest BCUT2D eigenvalue weighted by Gasteiger charge is -2.32. The highest BCUT2D eigenvalue weighted by Crippen LogP contribution is 2.44. The molecule has 0 amide bonds. The van der Waals surface area contributed by atoms with Crippen molar-refractivity contribution in [2.24, 2.45) is 5.73 Å². The SMILES string of the molecule is CC(CCN)c1ccc2c(c1)CC1(CCCCC1)O2. The van der Waals surface area contributed by atoms with Gasteiger partial charge in [-0.2, -0.15) is 0 Å². The van der Waals surface area contributed by atoms with Crippen LogP contribution >= 0.6 is 0 Å². The van der Waals surface area contributed by atoms with E-state index in [-0.39, 0.29) is 5.60 Å². The Morgan fingerprint density at radius 3 is 2.79 bits per heavy atom. The van der Waals surface area contributed by atoms with E-state index in [0.29, 0.717) is 5.92 Å². The lowest BCUT2D eigenvalue weighted by Crippen LogP contribution is -2.36. The highest BCUT2D eigenvalue weighted by molar-refractivity contribution is 5.43. The van der Waals surface area contributed by atoms with Crippen LogP contribution in [-0.2, 0) is 6.42 Å². The second kappa shape index (κ2) is 5.16. The molecule has 3 rings (SSSR count). The van der Waals surface area contributed by atoms with Crippen molar-refractivity contribution in [3.05, 3.63) is 29.3 Å². The highest BCUT2D eigenvalue weighted by Gasteiger charge is 2.40. The van der Waals surface area contributed by atoms with Gasteiger partial charge >= 0.3 is 0 Å². The maximum atomic E-state index is 6.31. The summed E-state index contributed by atoms with van der Waals surface area (Å²) < 4.78 is 6.31. The normalized spacial score (nSPS) is 22.0. The van der Waals surface area contributed by atoms with Gasteiger partial charge in [-0.25, -0.2) is 0 Å². The molecule has 2 aliphatic rings. The van der Waals surface area contributed by atoms with Gasteiger partial charge in [0.05, 0.1) is 0 Å². The largest absolute Gasteiger partial charge is 0.487 e. The summed E-state index contributed by atoms with van der Waals surface area (Å²) in [7, 11) is 0. The highest BCUT2D eigenvalue weighted by atomic mass is 16.5. The number of hydrogen-bond acceptors (Lipinski definition) is 2. The molecule has 1 aromatic rings. The van der Waals surface area contributed by atoms with Gasteiger partial charge in [0, 0.05) is 6.42 Å². The van der Waals surface area contributed by atoms with Crippen LogP contribution in [0, 0.1) is 0 Å². The van der Waals surface area contributed by atoms with Gasteiger partial charge in [-0.3, -0.25) is 0 Å². The Morgan fingerprint density at radius 2 is 2.05 bits per heavy atom. The molecule has 1 spiro atoms. The Bertz CT molecular complexity index is 449. The van der Waals surface area contributed by atoms with E-state index in [1.54, 1.807) is 0 Å². The minimum absolute atomic E-state index is 0.135. The molecule has 2 N–H and O–H groups in total. The summed E-state index contributed by atoms with van der Waals surface area (Å²) >= 11 is 0. The van der Waals surface area contributed by atoms with Gasteiger partial charge in [0.1, 0.15) is 11.4 Å². The van der Waals surface area contributed by atoms with E-state index >= 15 is 0 Å². The Hall–Kier alpha value is -1.02. The fraction of sp³-hybridized carbons (Fsp3) is 0.647. The molecule has 2 heteroatoms. The summed E-state index contributed by atoms with van der Waals surface area (Å²) in [6.45, 7) is 3.03. The van der Waals surface area contributed by atoms with Crippen LogP contribution in [0.1, 0.15) is 62.5 Å². The molecule has 1 saturated carbocycles. The van der Waals surface area contributed by atoms with E-state index in [2.05, 4.69) is 25.1 Å². The first-order valence-corrected chi connectivity index (χ1v) is 7.74. The van der Waals surface area contributed by atoms with Gasteiger partial charge in [0.25, 0.3) is 0 Å². The third kappa shape index (κ3) is 2.51. The van der Waals surface area contributed by atoms with E-state index < -0.39 is 0 Å². The number of ether oxygens (including phenoxy) is 1. The maximum absolute atomic E-state index is 6.31. The average Bonchev–Trinajstić information content (AvgIpc) is 2.76. The monoisotopic (exact) mass is 259 g/mol. The first-order chi connectivity index (χ1) is 9.22. The molecule has 0 radical (unpaired) electrons. The van der Waals surface area contributed by atoms with E-state index in [1.807, 2.05) is 0 Å². The van der Waals surface area contributed by atoms with Crippen molar-refractivity contribution < 1.29 is 4.74 Å². The van der Waals surface area contributed by atoms with Crippen LogP contribution in [0.15, 0.2) is 18.2 Å². The zero-order chi connectivity index (χ0) is 13.3. The molecule has 0 bridgehead atoms. The standard InChI is InChI=1S/C17H25NO/c1-13(7-10-18)14-5-6-16-15(11-14)12-17(19-16)8-3-2-4-9-17/h5-6,11,13H,2-4,7-10,12,18H2,1H3. The van der Waals surface area contributed by atoms with Gasteiger partial charge in [-0.1, -0.05) is 25.5 Å². The number of nitrogens with two attached hydrogens (primary N) is 1. The van der Waals surface area contributed by atoms with Gasteiger partial charge < -0.3 is 10.5 Å². The van der Waals surface area contributed by atoms with Gasteiger partial charge in [-0.15, -0.1) is 0 Å². The van der Waals surface area contributed by atoms with Crippen LogP contribution < -0.4 is 10.5 Å². The molecule has 104 valence electrons. The van der Waals surface area contributed by atoms with E-state index in [1.165, 1.54) is 43.2 Å². The zero-order valence-electron chi connectivity index (χ0n) is 12.0. The third-order valence-corrected chi connectivity index (χ3v) is 4.86. The Labute approximate surface area is 116 Å². The second-order valence-corrected chi connectivity index (χ2v) is 6.37. The summed E-state index contributed by atoms with van der Waals surface area (Å²) in [5.74, 6) is 1.68. The first-order valence-electron chi connectivity index (χ1n) is 7.74.